The van der Waals surface area contributed by atoms with Crippen LogP contribution in [0.3, 0.4) is 0 Å². The minimum atomic E-state index is -2.01. The van der Waals surface area contributed by atoms with Crippen molar-refractivity contribution in [3.05, 3.63) is 0 Å². The Balaban J connectivity index is 2.84. The van der Waals surface area contributed by atoms with Gasteiger partial charge in [0.15, 0.2) is 11.8 Å². The highest BCUT2D eigenvalue weighted by atomic mass is 16.4. The largest absolute Gasteiger partial charge is 0.376 e. The molecule has 1 aliphatic heterocycles. The minimum Gasteiger partial charge on any atom is -0.376 e. The van der Waals surface area contributed by atoms with E-state index in [-0.39, 0.29) is 0 Å². The molecule has 11 heavy (non-hydrogen) atoms. The van der Waals surface area contributed by atoms with Crippen molar-refractivity contribution >= 4 is 11.9 Å². The van der Waals surface area contributed by atoms with Crippen LogP contribution in [-0.2, 0) is 4.79 Å². The maximum atomic E-state index is 10.7. The normalized spacial score (nSPS) is 37.9. The number of aliphatic hydroxyl groups is 2. The van der Waals surface area contributed by atoms with Crippen molar-refractivity contribution in [3.8, 4) is 0 Å². The molecular weight excluding hydrogens is 152 g/mol. The number of aliphatic hydroxyl groups excluding tert-OH is 1. The topological polar surface area (TPSA) is 101 Å². The second-order valence-electron chi connectivity index (χ2n) is 2.41. The van der Waals surface area contributed by atoms with E-state index in [9.17, 15) is 9.59 Å². The van der Waals surface area contributed by atoms with Gasteiger partial charge in [-0.05, 0) is 6.92 Å². The molecule has 6 nitrogen and oxygen atoms in total. The molecule has 1 aliphatic rings. The van der Waals surface area contributed by atoms with E-state index in [2.05, 4.69) is 5.32 Å². The van der Waals surface area contributed by atoms with Gasteiger partial charge >= 0.3 is 6.03 Å². The van der Waals surface area contributed by atoms with E-state index < -0.39 is 23.8 Å². The van der Waals surface area contributed by atoms with Crippen molar-refractivity contribution in [3.63, 3.8) is 0 Å². The molecular formula is C5H7N2O4. The lowest BCUT2D eigenvalue weighted by atomic mass is 10.0. The molecule has 2 atom stereocenters. The molecule has 0 aromatic rings. The van der Waals surface area contributed by atoms with E-state index in [1.54, 1.807) is 5.32 Å². The molecule has 1 saturated heterocycles. The quantitative estimate of drug-likeness (QED) is 0.377. The third-order valence-corrected chi connectivity index (χ3v) is 1.42. The van der Waals surface area contributed by atoms with Crippen molar-refractivity contribution in [1.29, 1.82) is 0 Å². The highest BCUT2D eigenvalue weighted by Gasteiger charge is 2.45. The van der Waals surface area contributed by atoms with Crippen LogP contribution in [0.25, 0.3) is 0 Å². The molecule has 1 heterocycles. The Labute approximate surface area is 62.2 Å². The number of hydrogen-bond donors (Lipinski definition) is 3. The van der Waals surface area contributed by atoms with Gasteiger partial charge in [-0.1, -0.05) is 0 Å². The first-order chi connectivity index (χ1) is 4.94. The number of carbonyl (C=O) groups is 2. The summed E-state index contributed by atoms with van der Waals surface area (Å²) < 4.78 is 0. The van der Waals surface area contributed by atoms with E-state index >= 15 is 0 Å². The maximum Gasteiger partial charge on any atom is 0.345 e. The molecule has 0 bridgehead atoms. The van der Waals surface area contributed by atoms with Gasteiger partial charge in [0.05, 0.1) is 0 Å². The van der Waals surface area contributed by atoms with Crippen molar-refractivity contribution in [2.24, 2.45) is 0 Å². The van der Waals surface area contributed by atoms with Crippen molar-refractivity contribution < 1.29 is 19.8 Å². The maximum absolute atomic E-state index is 10.7. The summed E-state index contributed by atoms with van der Waals surface area (Å²) in [6, 6.07) is -0.936. The molecule has 1 rings (SSSR count). The molecule has 6 heteroatoms. The van der Waals surface area contributed by atoms with Crippen LogP contribution < -0.4 is 10.6 Å². The van der Waals surface area contributed by atoms with Crippen LogP contribution in [-0.4, -0.2) is 34.0 Å². The molecule has 1 fully saturated rings. The predicted molar refractivity (Wildman–Crippen MR) is 32.3 cm³/mol. The van der Waals surface area contributed by atoms with Gasteiger partial charge in [-0.15, -0.1) is 0 Å². The fourth-order valence-electron chi connectivity index (χ4n) is 0.610. The number of hydrogen-bond acceptors (Lipinski definition) is 4. The first kappa shape index (κ1) is 7.96. The molecule has 0 saturated carbocycles. The van der Waals surface area contributed by atoms with Gasteiger partial charge in [0.2, 0.25) is 0 Å². The van der Waals surface area contributed by atoms with Crippen molar-refractivity contribution in [2.75, 3.05) is 0 Å². The van der Waals surface area contributed by atoms with E-state index in [0.717, 1.165) is 6.92 Å². The van der Waals surface area contributed by atoms with Gasteiger partial charge in [-0.25, -0.2) is 4.79 Å². The summed E-state index contributed by atoms with van der Waals surface area (Å²) in [4.78, 5) is 21.1. The lowest BCUT2D eigenvalue weighted by Crippen LogP contribution is -2.64. The number of urea groups is 1. The Bertz CT molecular complexity index is 213. The number of nitrogens with one attached hydrogen (secondary N) is 1. The number of imide groups is 1. The van der Waals surface area contributed by atoms with Gasteiger partial charge in [0, 0.05) is 0 Å². The van der Waals surface area contributed by atoms with E-state index in [4.69, 9.17) is 10.2 Å². The van der Waals surface area contributed by atoms with Crippen LogP contribution in [0.15, 0.2) is 0 Å². The Morgan fingerprint density at radius 2 is 2.18 bits per heavy atom. The molecule has 61 valence electrons. The monoisotopic (exact) mass is 159 g/mol. The SMILES string of the molecule is CC1(O)C(=O)NC(=O)[N]C1O. The summed E-state index contributed by atoms with van der Waals surface area (Å²) in [7, 11) is 0. The third-order valence-electron chi connectivity index (χ3n) is 1.42. The molecule has 3 amide bonds. The number of amides is 3. The van der Waals surface area contributed by atoms with Crippen LogP contribution in [0.5, 0.6) is 0 Å². The lowest BCUT2D eigenvalue weighted by molar-refractivity contribution is -0.154. The van der Waals surface area contributed by atoms with E-state index in [1.807, 2.05) is 0 Å². The standard InChI is InChI=1S/C5H7N2O4/c1-5(11)2(8)6-4(10)7-3(5)9/h2,8,11H,1H3,(H,7,9,10). The Morgan fingerprint density at radius 3 is 2.64 bits per heavy atom. The minimum absolute atomic E-state index is 0.936. The van der Waals surface area contributed by atoms with Gasteiger partial charge < -0.3 is 10.2 Å². The summed E-state index contributed by atoms with van der Waals surface area (Å²) in [5.74, 6) is -0.940. The fourth-order valence-corrected chi connectivity index (χ4v) is 0.610. The molecule has 0 spiro atoms. The third kappa shape index (κ3) is 1.17. The highest BCUT2D eigenvalue weighted by molar-refractivity contribution is 6.01. The zero-order chi connectivity index (χ0) is 8.65. The first-order valence-corrected chi connectivity index (χ1v) is 2.91. The van der Waals surface area contributed by atoms with Crippen LogP contribution >= 0.6 is 0 Å². The Morgan fingerprint density at radius 1 is 1.64 bits per heavy atom. The second kappa shape index (κ2) is 2.18. The highest BCUT2D eigenvalue weighted by Crippen LogP contribution is 2.11. The molecule has 1 radical (unpaired) electrons. The molecule has 0 aromatic heterocycles. The van der Waals surface area contributed by atoms with Gasteiger partial charge in [-0.2, -0.15) is 5.32 Å². The molecule has 0 aliphatic carbocycles. The van der Waals surface area contributed by atoms with Crippen LogP contribution in [0.4, 0.5) is 4.79 Å². The summed E-state index contributed by atoms with van der Waals surface area (Å²) in [6.07, 6.45) is -1.68. The van der Waals surface area contributed by atoms with Crippen LogP contribution in [0.1, 0.15) is 6.92 Å². The Kier molecular flexibility index (Phi) is 1.57. The lowest BCUT2D eigenvalue weighted by Gasteiger charge is -2.30. The molecule has 2 unspecified atom stereocenters. The van der Waals surface area contributed by atoms with Gasteiger partial charge in [0.1, 0.15) is 0 Å². The fraction of sp³-hybridized carbons (Fsp3) is 0.600. The van der Waals surface area contributed by atoms with Gasteiger partial charge in [-0.3, -0.25) is 10.1 Å². The second-order valence-corrected chi connectivity index (χ2v) is 2.41. The summed E-state index contributed by atoms with van der Waals surface area (Å²) in [5.41, 5.74) is -2.01. The number of carbonyl (C=O) groups excluding carboxylic acids is 2. The number of nitrogens with zero attached hydrogens (tertiary/aromatic N) is 1. The first-order valence-electron chi connectivity index (χ1n) is 2.91. The van der Waals surface area contributed by atoms with E-state index in [1.165, 1.54) is 0 Å². The summed E-state index contributed by atoms with van der Waals surface area (Å²) in [5, 5.41) is 22.8. The van der Waals surface area contributed by atoms with Crippen molar-refractivity contribution in [2.45, 2.75) is 18.8 Å². The van der Waals surface area contributed by atoms with Crippen LogP contribution in [0, 0.1) is 0 Å². The van der Waals surface area contributed by atoms with E-state index in [0.29, 0.717) is 0 Å². The average molecular weight is 159 g/mol. The van der Waals surface area contributed by atoms with Gasteiger partial charge in [0.25, 0.3) is 5.91 Å². The zero-order valence-electron chi connectivity index (χ0n) is 5.74. The predicted octanol–water partition coefficient (Wildman–Crippen LogP) is -2.09. The summed E-state index contributed by atoms with van der Waals surface area (Å²) >= 11 is 0. The zero-order valence-corrected chi connectivity index (χ0v) is 5.74. The average Bonchev–Trinajstić information content (AvgIpc) is 1.84. The summed E-state index contributed by atoms with van der Waals surface area (Å²) in [6.45, 7) is 1.07. The van der Waals surface area contributed by atoms with Crippen LogP contribution in [0.2, 0.25) is 0 Å². The molecule has 3 N–H and O–H groups in total. The molecule has 0 aromatic carbocycles. The number of rotatable bonds is 0. The van der Waals surface area contributed by atoms with Crippen molar-refractivity contribution in [1.82, 2.24) is 10.6 Å². The smallest absolute Gasteiger partial charge is 0.345 e. The Hall–Kier alpha value is -1.14.